The Kier molecular flexibility index (Phi) is 4.54. The van der Waals surface area contributed by atoms with E-state index in [1.54, 1.807) is 11.1 Å². The monoisotopic (exact) mass is 402 g/mol. The van der Waals surface area contributed by atoms with Crippen LogP contribution in [-0.4, -0.2) is 49.7 Å². The molecule has 1 aliphatic carbocycles. The van der Waals surface area contributed by atoms with Crippen LogP contribution in [0.4, 0.5) is 5.82 Å². The molecular formula is C22H22N6O2. The average molecular weight is 402 g/mol. The van der Waals surface area contributed by atoms with Gasteiger partial charge in [0.05, 0.1) is 6.20 Å². The number of aromatic nitrogens is 4. The fraction of sp³-hybridized carbons (Fsp3) is 0.318. The first-order valence-electron chi connectivity index (χ1n) is 10.1. The third kappa shape index (κ3) is 3.45. The topological polar surface area (TPSA) is 104 Å². The number of amides is 2. The first kappa shape index (κ1) is 18.5. The van der Waals surface area contributed by atoms with E-state index in [2.05, 4.69) is 38.3 Å². The predicted molar refractivity (Wildman–Crippen MR) is 113 cm³/mol. The van der Waals surface area contributed by atoms with Crippen molar-refractivity contribution >= 4 is 34.2 Å². The predicted octanol–water partition coefficient (Wildman–Crippen LogP) is 2.88. The summed E-state index contributed by atoms with van der Waals surface area (Å²) >= 11 is 0. The second-order valence-corrected chi connectivity index (χ2v) is 7.92. The quantitative estimate of drug-likeness (QED) is 0.698. The Morgan fingerprint density at radius 3 is 2.87 bits per heavy atom. The first-order chi connectivity index (χ1) is 14.6. The third-order valence-corrected chi connectivity index (χ3v) is 5.67. The highest BCUT2D eigenvalue weighted by molar-refractivity contribution is 5.98. The van der Waals surface area contributed by atoms with E-state index in [0.29, 0.717) is 24.6 Å². The highest BCUT2D eigenvalue weighted by Crippen LogP contribution is 2.35. The number of anilines is 1. The van der Waals surface area contributed by atoms with Crippen LogP contribution in [0.5, 0.6) is 0 Å². The Labute approximate surface area is 173 Å². The molecule has 8 heteroatoms. The van der Waals surface area contributed by atoms with Crippen LogP contribution < -0.4 is 5.32 Å². The Balaban J connectivity index is 1.44. The fourth-order valence-corrected chi connectivity index (χ4v) is 3.94. The maximum absolute atomic E-state index is 12.7. The summed E-state index contributed by atoms with van der Waals surface area (Å²) in [5.41, 5.74) is 3.27. The van der Waals surface area contributed by atoms with E-state index in [1.807, 2.05) is 18.3 Å². The van der Waals surface area contributed by atoms with Crippen molar-refractivity contribution in [1.82, 2.24) is 24.8 Å². The van der Waals surface area contributed by atoms with Gasteiger partial charge in [-0.15, -0.1) is 0 Å². The van der Waals surface area contributed by atoms with Crippen LogP contribution in [0.3, 0.4) is 0 Å². The summed E-state index contributed by atoms with van der Waals surface area (Å²) in [7, 11) is 0. The average Bonchev–Trinajstić information content (AvgIpc) is 3.51. The summed E-state index contributed by atoms with van der Waals surface area (Å²) in [5.74, 6) is 0.702. The number of aromatic amines is 1. The van der Waals surface area contributed by atoms with Crippen molar-refractivity contribution in [3.63, 3.8) is 0 Å². The number of pyridine rings is 1. The number of carbonyl (C=O) groups is 2. The van der Waals surface area contributed by atoms with Crippen LogP contribution in [0.1, 0.15) is 35.8 Å². The minimum absolute atomic E-state index is 0.0331. The van der Waals surface area contributed by atoms with Gasteiger partial charge in [-0.05, 0) is 42.0 Å². The number of fused-ring (bicyclic) bond motifs is 1. The molecule has 1 unspecified atom stereocenters. The van der Waals surface area contributed by atoms with E-state index in [9.17, 15) is 9.59 Å². The van der Waals surface area contributed by atoms with Crippen LogP contribution in [0, 0.1) is 11.8 Å². The molecule has 4 heterocycles. The number of hydrogen-bond acceptors (Lipinski definition) is 5. The molecule has 0 spiro atoms. The molecule has 0 radical (unpaired) electrons. The molecule has 1 atom stereocenters. The fourth-order valence-electron chi connectivity index (χ4n) is 3.94. The minimum Gasteiger partial charge on any atom is -0.346 e. The molecule has 1 fully saturated rings. The molecule has 2 N–H and O–H groups in total. The van der Waals surface area contributed by atoms with Crippen molar-refractivity contribution in [3.8, 4) is 0 Å². The maximum Gasteiger partial charge on any atom is 0.274 e. The van der Waals surface area contributed by atoms with E-state index >= 15 is 0 Å². The van der Waals surface area contributed by atoms with Gasteiger partial charge in [-0.1, -0.05) is 13.0 Å². The summed E-state index contributed by atoms with van der Waals surface area (Å²) in [5, 5.41) is 3.96. The molecule has 2 amide bonds. The van der Waals surface area contributed by atoms with Gasteiger partial charge in [0.2, 0.25) is 5.91 Å². The van der Waals surface area contributed by atoms with Gasteiger partial charge in [0, 0.05) is 43.0 Å². The Morgan fingerprint density at radius 1 is 1.27 bits per heavy atom. The normalized spacial score (nSPS) is 18.9. The molecular weight excluding hydrogens is 380 g/mol. The van der Waals surface area contributed by atoms with Gasteiger partial charge in [0.15, 0.2) is 0 Å². The zero-order chi connectivity index (χ0) is 20.7. The number of rotatable bonds is 4. The lowest BCUT2D eigenvalue weighted by atomic mass is 9.89. The second kappa shape index (κ2) is 7.37. The summed E-state index contributed by atoms with van der Waals surface area (Å²) in [6.07, 6.45) is 10.4. The third-order valence-electron chi connectivity index (χ3n) is 5.67. The Morgan fingerprint density at radius 2 is 2.13 bits per heavy atom. The summed E-state index contributed by atoms with van der Waals surface area (Å²) < 4.78 is 0. The molecule has 0 bridgehead atoms. The highest BCUT2D eigenvalue weighted by atomic mass is 16.2. The van der Waals surface area contributed by atoms with Crippen LogP contribution in [0.15, 0.2) is 43.0 Å². The van der Waals surface area contributed by atoms with Gasteiger partial charge in [-0.25, -0.2) is 9.97 Å². The molecule has 5 rings (SSSR count). The summed E-state index contributed by atoms with van der Waals surface area (Å²) in [4.78, 5) is 42.6. The van der Waals surface area contributed by atoms with Gasteiger partial charge in [0.25, 0.3) is 5.91 Å². The van der Waals surface area contributed by atoms with Gasteiger partial charge in [-0.2, -0.15) is 0 Å². The zero-order valence-electron chi connectivity index (χ0n) is 16.6. The molecule has 1 saturated carbocycles. The van der Waals surface area contributed by atoms with Crippen molar-refractivity contribution in [2.45, 2.75) is 19.8 Å². The summed E-state index contributed by atoms with van der Waals surface area (Å²) in [6, 6.07) is 3.94. The van der Waals surface area contributed by atoms with E-state index in [4.69, 9.17) is 0 Å². The SMILES string of the molecule is CC1CN(C(=O)c2cnccn2)CC=C1c1cc(NC(=O)C2CC2)nc2[nH]ccc12. The molecule has 8 nitrogen and oxygen atoms in total. The lowest BCUT2D eigenvalue weighted by molar-refractivity contribution is -0.117. The lowest BCUT2D eigenvalue weighted by Crippen LogP contribution is -2.38. The Bertz CT molecular complexity index is 1150. The van der Waals surface area contributed by atoms with Gasteiger partial charge in [0.1, 0.15) is 17.2 Å². The second-order valence-electron chi connectivity index (χ2n) is 7.92. The molecule has 3 aromatic heterocycles. The molecule has 0 aromatic carbocycles. The maximum atomic E-state index is 12.7. The van der Waals surface area contributed by atoms with Gasteiger partial charge >= 0.3 is 0 Å². The molecule has 30 heavy (non-hydrogen) atoms. The number of nitrogens with one attached hydrogen (secondary N) is 2. The smallest absolute Gasteiger partial charge is 0.274 e. The van der Waals surface area contributed by atoms with Crippen LogP contribution >= 0.6 is 0 Å². The van der Waals surface area contributed by atoms with Gasteiger partial charge < -0.3 is 15.2 Å². The van der Waals surface area contributed by atoms with Crippen molar-refractivity contribution < 1.29 is 9.59 Å². The number of H-pyrrole nitrogens is 1. The standard InChI is InChI=1S/C22H22N6O2/c1-13-12-28(22(30)18-11-23-7-8-24-18)9-5-15(13)17-10-19(27-21(29)14-2-3-14)26-20-16(17)4-6-25-20/h4-8,10-11,13-14H,2-3,9,12H2,1H3,(H2,25,26,27,29). The number of nitrogens with zero attached hydrogens (tertiary/aromatic N) is 4. The summed E-state index contributed by atoms with van der Waals surface area (Å²) in [6.45, 7) is 3.18. The van der Waals surface area contributed by atoms with Crippen LogP contribution in [0.25, 0.3) is 16.6 Å². The number of hydrogen-bond donors (Lipinski definition) is 2. The minimum atomic E-state index is -0.121. The molecule has 3 aromatic rings. The van der Waals surface area contributed by atoms with Crippen LogP contribution in [0.2, 0.25) is 0 Å². The first-order valence-corrected chi connectivity index (χ1v) is 10.1. The molecule has 2 aliphatic rings. The van der Waals surface area contributed by atoms with Crippen molar-refractivity contribution in [2.24, 2.45) is 11.8 Å². The van der Waals surface area contributed by atoms with Crippen LogP contribution in [-0.2, 0) is 4.79 Å². The van der Waals surface area contributed by atoms with Crippen molar-refractivity contribution in [3.05, 3.63) is 54.3 Å². The number of carbonyl (C=O) groups excluding carboxylic acids is 2. The van der Waals surface area contributed by atoms with E-state index in [0.717, 1.165) is 35.0 Å². The molecule has 1 aliphatic heterocycles. The van der Waals surface area contributed by atoms with E-state index < -0.39 is 0 Å². The van der Waals surface area contributed by atoms with Crippen molar-refractivity contribution in [2.75, 3.05) is 18.4 Å². The van der Waals surface area contributed by atoms with Crippen molar-refractivity contribution in [1.29, 1.82) is 0 Å². The Hall–Kier alpha value is -3.55. The lowest BCUT2D eigenvalue weighted by Gasteiger charge is -2.31. The van der Waals surface area contributed by atoms with Gasteiger partial charge in [-0.3, -0.25) is 14.6 Å². The van der Waals surface area contributed by atoms with E-state index in [-0.39, 0.29) is 23.7 Å². The molecule has 152 valence electrons. The zero-order valence-corrected chi connectivity index (χ0v) is 16.6. The molecule has 0 saturated heterocycles. The largest absolute Gasteiger partial charge is 0.346 e. The highest BCUT2D eigenvalue weighted by Gasteiger charge is 2.30. The van der Waals surface area contributed by atoms with E-state index in [1.165, 1.54) is 12.4 Å².